The number of aryl methyl sites for hydroxylation is 1. The van der Waals surface area contributed by atoms with Crippen LogP contribution in [0.1, 0.15) is 35.5 Å². The molecule has 0 fully saturated rings. The summed E-state index contributed by atoms with van der Waals surface area (Å²) in [7, 11) is 1.51. The molecule has 156 valence electrons. The molecule has 8 nitrogen and oxygen atoms in total. The van der Waals surface area contributed by atoms with E-state index in [1.165, 1.54) is 7.11 Å². The fraction of sp³-hybridized carbons (Fsp3) is 0.273. The molecule has 0 aliphatic rings. The van der Waals surface area contributed by atoms with Crippen molar-refractivity contribution < 1.29 is 9.53 Å². The van der Waals surface area contributed by atoms with Crippen molar-refractivity contribution in [3.8, 4) is 11.4 Å². The lowest BCUT2D eigenvalue weighted by Gasteiger charge is -2.14. The number of nitrogens with zero attached hydrogens (tertiary/aromatic N) is 3. The maximum absolute atomic E-state index is 13.2. The van der Waals surface area contributed by atoms with Crippen LogP contribution in [0.2, 0.25) is 0 Å². The molecule has 0 saturated heterocycles. The molecule has 3 rings (SSSR count). The number of aromatic nitrogens is 3. The molecule has 3 aromatic rings. The lowest BCUT2D eigenvalue weighted by Crippen LogP contribution is -2.46. The maximum Gasteiger partial charge on any atom is 0.352 e. The lowest BCUT2D eigenvalue weighted by atomic mass is 10.1. The van der Waals surface area contributed by atoms with Gasteiger partial charge < -0.3 is 10.1 Å². The van der Waals surface area contributed by atoms with Crippen molar-refractivity contribution in [2.75, 3.05) is 7.11 Å². The molecule has 30 heavy (non-hydrogen) atoms. The molecule has 0 radical (unpaired) electrons. The number of rotatable bonds is 6. The molecule has 0 saturated carbocycles. The van der Waals surface area contributed by atoms with Gasteiger partial charge in [0, 0.05) is 12.1 Å². The van der Waals surface area contributed by atoms with Gasteiger partial charge in [-0.25, -0.2) is 4.79 Å². The van der Waals surface area contributed by atoms with Gasteiger partial charge in [-0.05, 0) is 38.5 Å². The Kier molecular flexibility index (Phi) is 6.15. The van der Waals surface area contributed by atoms with Gasteiger partial charge in [0.1, 0.15) is 5.75 Å². The van der Waals surface area contributed by atoms with Crippen molar-refractivity contribution >= 4 is 5.91 Å². The Balaban J connectivity index is 2.22. The Morgan fingerprint density at radius 1 is 1.13 bits per heavy atom. The second kappa shape index (κ2) is 8.77. The minimum absolute atomic E-state index is 0.0216. The average Bonchev–Trinajstić information content (AvgIpc) is 2.70. The number of ether oxygens (including phenoxy) is 1. The summed E-state index contributed by atoms with van der Waals surface area (Å²) in [5, 5.41) is 6.76. The summed E-state index contributed by atoms with van der Waals surface area (Å²) in [6, 6.07) is 14.0. The zero-order valence-electron chi connectivity index (χ0n) is 17.4. The maximum atomic E-state index is 13.2. The number of hydrogen-bond donors (Lipinski definition) is 1. The highest BCUT2D eigenvalue weighted by Gasteiger charge is 2.21. The molecule has 8 heteroatoms. The van der Waals surface area contributed by atoms with Gasteiger partial charge in [0.05, 0.1) is 19.3 Å². The summed E-state index contributed by atoms with van der Waals surface area (Å²) in [5.41, 5.74) is 0.428. The normalized spacial score (nSPS) is 10.8. The van der Waals surface area contributed by atoms with E-state index < -0.39 is 17.2 Å². The van der Waals surface area contributed by atoms with Crippen molar-refractivity contribution in [2.45, 2.75) is 33.4 Å². The number of nitrogens with one attached hydrogen (secondary N) is 1. The molecule has 1 amide bonds. The molecule has 2 aromatic carbocycles. The van der Waals surface area contributed by atoms with Crippen LogP contribution >= 0.6 is 0 Å². The molecule has 1 aromatic heterocycles. The zero-order chi connectivity index (χ0) is 21.8. The van der Waals surface area contributed by atoms with E-state index in [0.717, 1.165) is 20.4 Å². The van der Waals surface area contributed by atoms with Crippen LogP contribution < -0.4 is 21.3 Å². The Hall–Kier alpha value is -3.68. The first-order valence-electron chi connectivity index (χ1n) is 9.55. The third-order valence-corrected chi connectivity index (χ3v) is 4.42. The molecule has 0 aliphatic carbocycles. The third-order valence-electron chi connectivity index (χ3n) is 4.42. The third kappa shape index (κ3) is 4.48. The van der Waals surface area contributed by atoms with E-state index in [-0.39, 0.29) is 18.3 Å². The zero-order valence-corrected chi connectivity index (χ0v) is 17.4. The van der Waals surface area contributed by atoms with Crippen molar-refractivity contribution in [2.24, 2.45) is 0 Å². The standard InChI is InChI=1S/C22H24N4O4/c1-14(2)23-20(27)19-21(28)25(13-16-8-5-7-15(3)11-16)22(29)26(24-19)17-9-6-10-18(12-17)30-4/h5-12,14H,13H2,1-4H3,(H,23,27). The van der Waals surface area contributed by atoms with Gasteiger partial charge >= 0.3 is 5.69 Å². The minimum Gasteiger partial charge on any atom is -0.497 e. The van der Waals surface area contributed by atoms with Gasteiger partial charge in [-0.1, -0.05) is 35.9 Å². The van der Waals surface area contributed by atoms with E-state index in [0.29, 0.717) is 11.4 Å². The highest BCUT2D eigenvalue weighted by Crippen LogP contribution is 2.14. The Labute approximate surface area is 173 Å². The van der Waals surface area contributed by atoms with Crippen molar-refractivity contribution in [3.63, 3.8) is 0 Å². The average molecular weight is 408 g/mol. The summed E-state index contributed by atoms with van der Waals surface area (Å²) < 4.78 is 7.29. The molecular formula is C22H24N4O4. The largest absolute Gasteiger partial charge is 0.497 e. The van der Waals surface area contributed by atoms with E-state index in [1.807, 2.05) is 31.2 Å². The summed E-state index contributed by atoms with van der Waals surface area (Å²) in [6.07, 6.45) is 0. The molecule has 0 unspecified atom stereocenters. The van der Waals surface area contributed by atoms with Crippen LogP contribution in [-0.4, -0.2) is 33.4 Å². The lowest BCUT2D eigenvalue weighted by molar-refractivity contribution is 0.0933. The molecule has 1 heterocycles. The second-order valence-electron chi connectivity index (χ2n) is 7.25. The van der Waals surface area contributed by atoms with Gasteiger partial charge in [-0.15, -0.1) is 0 Å². The quantitative estimate of drug-likeness (QED) is 0.672. The predicted molar refractivity (Wildman–Crippen MR) is 114 cm³/mol. The van der Waals surface area contributed by atoms with Gasteiger partial charge in [0.2, 0.25) is 5.69 Å². The summed E-state index contributed by atoms with van der Waals surface area (Å²) >= 11 is 0. The van der Waals surface area contributed by atoms with Gasteiger partial charge in [-0.2, -0.15) is 9.78 Å². The highest BCUT2D eigenvalue weighted by molar-refractivity contribution is 5.91. The minimum atomic E-state index is -0.737. The molecule has 0 aliphatic heterocycles. The van der Waals surface area contributed by atoms with Crippen LogP contribution in [0.25, 0.3) is 5.69 Å². The monoisotopic (exact) mass is 408 g/mol. The van der Waals surface area contributed by atoms with Crippen molar-refractivity contribution in [1.29, 1.82) is 0 Å². The number of carbonyl (C=O) groups is 1. The van der Waals surface area contributed by atoms with Gasteiger partial charge in [-0.3, -0.25) is 14.2 Å². The molecule has 0 bridgehead atoms. The van der Waals surface area contributed by atoms with Crippen LogP contribution in [-0.2, 0) is 6.54 Å². The summed E-state index contributed by atoms with van der Waals surface area (Å²) in [6.45, 7) is 5.51. The van der Waals surface area contributed by atoms with E-state index in [4.69, 9.17) is 4.74 Å². The Morgan fingerprint density at radius 2 is 1.87 bits per heavy atom. The van der Waals surface area contributed by atoms with E-state index >= 15 is 0 Å². The molecule has 1 N–H and O–H groups in total. The highest BCUT2D eigenvalue weighted by atomic mass is 16.5. The first-order chi connectivity index (χ1) is 14.3. The van der Waals surface area contributed by atoms with Crippen LogP contribution in [0.3, 0.4) is 0 Å². The van der Waals surface area contributed by atoms with Crippen LogP contribution in [0.5, 0.6) is 5.75 Å². The van der Waals surface area contributed by atoms with E-state index in [1.54, 1.807) is 38.1 Å². The summed E-state index contributed by atoms with van der Waals surface area (Å²) in [5.74, 6) is -0.115. The Bertz CT molecular complexity index is 1190. The molecule has 0 atom stereocenters. The number of benzene rings is 2. The van der Waals surface area contributed by atoms with E-state index in [2.05, 4.69) is 10.4 Å². The van der Waals surface area contributed by atoms with E-state index in [9.17, 15) is 14.4 Å². The molecule has 0 spiro atoms. The van der Waals surface area contributed by atoms with Gasteiger partial charge in [0.25, 0.3) is 11.5 Å². The fourth-order valence-electron chi connectivity index (χ4n) is 3.03. The van der Waals surface area contributed by atoms with Crippen LogP contribution in [0.4, 0.5) is 0 Å². The van der Waals surface area contributed by atoms with Crippen LogP contribution in [0.15, 0.2) is 58.1 Å². The Morgan fingerprint density at radius 3 is 2.53 bits per heavy atom. The number of methoxy groups -OCH3 is 1. The number of carbonyl (C=O) groups excluding carboxylic acids is 1. The predicted octanol–water partition coefficient (Wildman–Crippen LogP) is 1.90. The number of amides is 1. The fourth-order valence-corrected chi connectivity index (χ4v) is 3.03. The second-order valence-corrected chi connectivity index (χ2v) is 7.25. The first kappa shape index (κ1) is 21.0. The van der Waals surface area contributed by atoms with Crippen LogP contribution in [0, 0.1) is 6.92 Å². The van der Waals surface area contributed by atoms with Gasteiger partial charge in [0.15, 0.2) is 0 Å². The van der Waals surface area contributed by atoms with Crippen molar-refractivity contribution in [3.05, 3.63) is 86.2 Å². The topological polar surface area (TPSA) is 95.2 Å². The number of hydrogen-bond acceptors (Lipinski definition) is 5. The summed E-state index contributed by atoms with van der Waals surface area (Å²) in [4.78, 5) is 38.8. The first-order valence-corrected chi connectivity index (χ1v) is 9.55. The van der Waals surface area contributed by atoms with Crippen molar-refractivity contribution in [1.82, 2.24) is 19.7 Å². The smallest absolute Gasteiger partial charge is 0.352 e. The molecular weight excluding hydrogens is 384 g/mol. The SMILES string of the molecule is COc1cccc(-n2nc(C(=O)NC(C)C)c(=O)n(Cc3cccc(C)c3)c2=O)c1.